The number of ether oxygens (including phenoxy) is 1. The summed E-state index contributed by atoms with van der Waals surface area (Å²) in [5, 5.41) is 9.69. The molecule has 1 heterocycles. The van der Waals surface area contributed by atoms with Gasteiger partial charge < -0.3 is 9.84 Å². The molecule has 0 radical (unpaired) electrons. The van der Waals surface area contributed by atoms with Crippen molar-refractivity contribution in [1.82, 2.24) is 4.98 Å². The molecule has 0 aromatic carbocycles. The quantitative estimate of drug-likeness (QED) is 0.818. The Hall–Kier alpha value is -0.500. The van der Waals surface area contributed by atoms with Crippen LogP contribution in [0, 0.1) is 0 Å². The maximum Gasteiger partial charge on any atom is 0.417 e. The van der Waals surface area contributed by atoms with Gasteiger partial charge in [-0.05, 0) is 13.0 Å². The van der Waals surface area contributed by atoms with Crippen molar-refractivity contribution >= 4 is 23.4 Å². The summed E-state index contributed by atoms with van der Waals surface area (Å²) in [7, 11) is 0. The van der Waals surface area contributed by atoms with E-state index in [0.29, 0.717) is 6.61 Å². The highest BCUT2D eigenvalue weighted by Gasteiger charge is 2.31. The molecular weight excluding hydrogens is 303 g/mol. The summed E-state index contributed by atoms with van der Waals surface area (Å²) < 4.78 is 42.2. The number of hydrogen-bond donors (Lipinski definition) is 1. The average molecular weight is 316 g/mol. The molecule has 1 aromatic heterocycles. The van der Waals surface area contributed by atoms with Gasteiger partial charge in [-0.25, -0.2) is 4.98 Å². The number of hydrogen-bond acceptors (Lipinski definition) is 4. The topological polar surface area (TPSA) is 42.4 Å². The van der Waals surface area contributed by atoms with Crippen molar-refractivity contribution in [2.45, 2.75) is 24.2 Å². The number of halogens is 4. The van der Waals surface area contributed by atoms with Crippen molar-refractivity contribution in [2.24, 2.45) is 0 Å². The van der Waals surface area contributed by atoms with Crippen LogP contribution in [0.25, 0.3) is 0 Å². The Morgan fingerprint density at radius 2 is 2.21 bits per heavy atom. The van der Waals surface area contributed by atoms with Crippen LogP contribution in [0.1, 0.15) is 12.5 Å². The number of pyridine rings is 1. The fourth-order valence-corrected chi connectivity index (χ4v) is 2.26. The minimum Gasteiger partial charge on any atom is -0.390 e. The first-order valence-electron chi connectivity index (χ1n) is 5.46. The zero-order valence-electron chi connectivity index (χ0n) is 10.1. The molecule has 1 atom stereocenters. The molecular formula is C11H13ClF3NO2S. The molecule has 0 aliphatic heterocycles. The molecule has 0 unspecified atom stereocenters. The zero-order chi connectivity index (χ0) is 14.5. The largest absolute Gasteiger partial charge is 0.417 e. The first kappa shape index (κ1) is 16.6. The molecule has 0 aliphatic carbocycles. The maximum absolute atomic E-state index is 12.4. The lowest BCUT2D eigenvalue weighted by Crippen LogP contribution is -2.18. The van der Waals surface area contributed by atoms with Gasteiger partial charge >= 0.3 is 6.18 Å². The summed E-state index contributed by atoms with van der Waals surface area (Å²) in [6.07, 6.45) is -4.46. The number of alkyl halides is 3. The lowest BCUT2D eigenvalue weighted by molar-refractivity contribution is -0.137. The van der Waals surface area contributed by atoms with Crippen LogP contribution in [0.5, 0.6) is 0 Å². The fraction of sp³-hybridized carbons (Fsp3) is 0.545. The molecule has 0 saturated heterocycles. The minimum absolute atomic E-state index is 0.0802. The standard InChI is InChI=1S/C11H13ClF3NO2S/c1-2-18-5-8(17)6-19-10-9(12)3-7(4-16-10)11(13,14)15/h3-4,8,17H,2,5-6H2,1H3/t8-/m0/s1. The van der Waals surface area contributed by atoms with Gasteiger partial charge in [0, 0.05) is 18.6 Å². The van der Waals surface area contributed by atoms with Crippen LogP contribution in [0.15, 0.2) is 17.3 Å². The van der Waals surface area contributed by atoms with E-state index in [4.69, 9.17) is 16.3 Å². The first-order chi connectivity index (χ1) is 8.84. The second kappa shape index (κ2) is 7.33. The number of nitrogens with zero attached hydrogens (tertiary/aromatic N) is 1. The number of rotatable bonds is 6. The Morgan fingerprint density at radius 3 is 2.74 bits per heavy atom. The normalized spacial score (nSPS) is 13.6. The summed E-state index contributed by atoms with van der Waals surface area (Å²) >= 11 is 6.81. The van der Waals surface area contributed by atoms with Gasteiger partial charge in [0.1, 0.15) is 5.03 Å². The molecule has 0 fully saturated rings. The van der Waals surface area contributed by atoms with E-state index in [9.17, 15) is 18.3 Å². The molecule has 0 aliphatic rings. The van der Waals surface area contributed by atoms with Gasteiger partial charge in [-0.15, -0.1) is 11.8 Å². The van der Waals surface area contributed by atoms with Crippen LogP contribution < -0.4 is 0 Å². The Morgan fingerprint density at radius 1 is 1.53 bits per heavy atom. The molecule has 108 valence electrons. The highest BCUT2D eigenvalue weighted by Crippen LogP contribution is 2.33. The second-order valence-electron chi connectivity index (χ2n) is 3.63. The molecule has 19 heavy (non-hydrogen) atoms. The lowest BCUT2D eigenvalue weighted by Gasteiger charge is -2.11. The maximum atomic E-state index is 12.4. The van der Waals surface area contributed by atoms with Crippen LogP contribution in [0.4, 0.5) is 13.2 Å². The second-order valence-corrected chi connectivity index (χ2v) is 5.05. The SMILES string of the molecule is CCOC[C@H](O)CSc1ncc(C(F)(F)F)cc1Cl. The minimum atomic E-state index is -4.46. The van der Waals surface area contributed by atoms with E-state index in [1.807, 2.05) is 0 Å². The van der Waals surface area contributed by atoms with Crippen molar-refractivity contribution in [3.8, 4) is 0 Å². The molecule has 3 nitrogen and oxygen atoms in total. The van der Waals surface area contributed by atoms with Gasteiger partial charge in [-0.1, -0.05) is 11.6 Å². The number of aromatic nitrogens is 1. The van der Waals surface area contributed by atoms with Crippen LogP contribution >= 0.6 is 23.4 Å². The predicted octanol–water partition coefficient (Wildman–Crippen LogP) is 3.24. The molecule has 0 amide bonds. The van der Waals surface area contributed by atoms with Crippen molar-refractivity contribution < 1.29 is 23.0 Å². The number of aliphatic hydroxyl groups is 1. The third-order valence-corrected chi connectivity index (χ3v) is 3.61. The van der Waals surface area contributed by atoms with E-state index >= 15 is 0 Å². The van der Waals surface area contributed by atoms with Crippen molar-refractivity contribution in [3.05, 3.63) is 22.8 Å². The van der Waals surface area contributed by atoms with Crippen molar-refractivity contribution in [1.29, 1.82) is 0 Å². The molecule has 0 saturated carbocycles. The molecule has 0 bridgehead atoms. The molecule has 1 aromatic rings. The number of thioether (sulfide) groups is 1. The van der Waals surface area contributed by atoms with Crippen molar-refractivity contribution in [3.63, 3.8) is 0 Å². The first-order valence-corrected chi connectivity index (χ1v) is 6.82. The van der Waals surface area contributed by atoms with Crippen LogP contribution in [0.3, 0.4) is 0 Å². The summed E-state index contributed by atoms with van der Waals surface area (Å²) in [6, 6.07) is 0.825. The Bertz CT molecular complexity index is 417. The third kappa shape index (κ3) is 5.56. The smallest absolute Gasteiger partial charge is 0.390 e. The Balaban J connectivity index is 2.60. The van der Waals surface area contributed by atoms with Gasteiger partial charge in [-0.3, -0.25) is 0 Å². The van der Waals surface area contributed by atoms with E-state index in [2.05, 4.69) is 4.98 Å². The molecule has 0 spiro atoms. The highest BCUT2D eigenvalue weighted by molar-refractivity contribution is 7.99. The summed E-state index contributed by atoms with van der Waals surface area (Å²) in [5.74, 6) is 0.248. The van der Waals surface area contributed by atoms with Gasteiger partial charge in [0.15, 0.2) is 0 Å². The van der Waals surface area contributed by atoms with E-state index in [-0.39, 0.29) is 22.4 Å². The molecule has 8 heteroatoms. The van der Waals surface area contributed by atoms with Gasteiger partial charge in [0.25, 0.3) is 0 Å². The van der Waals surface area contributed by atoms with Crippen LogP contribution in [0.2, 0.25) is 5.02 Å². The van der Waals surface area contributed by atoms with Crippen LogP contribution in [-0.4, -0.2) is 35.2 Å². The van der Waals surface area contributed by atoms with Gasteiger partial charge in [-0.2, -0.15) is 13.2 Å². The lowest BCUT2D eigenvalue weighted by atomic mass is 10.3. The van der Waals surface area contributed by atoms with Gasteiger partial charge in [0.2, 0.25) is 0 Å². The van der Waals surface area contributed by atoms with E-state index in [1.54, 1.807) is 6.92 Å². The number of aliphatic hydroxyl groups excluding tert-OH is 1. The Kier molecular flexibility index (Phi) is 6.38. The monoisotopic (exact) mass is 315 g/mol. The molecule has 1 N–H and O–H groups in total. The highest BCUT2D eigenvalue weighted by atomic mass is 35.5. The summed E-state index contributed by atoms with van der Waals surface area (Å²) in [6.45, 7) is 2.46. The third-order valence-electron chi connectivity index (χ3n) is 2.06. The van der Waals surface area contributed by atoms with Gasteiger partial charge in [0.05, 0.1) is 23.3 Å². The Labute approximate surface area is 118 Å². The summed E-state index contributed by atoms with van der Waals surface area (Å²) in [5.41, 5.74) is -0.892. The molecule has 1 rings (SSSR count). The van der Waals surface area contributed by atoms with Crippen molar-refractivity contribution in [2.75, 3.05) is 19.0 Å². The summed E-state index contributed by atoms with van der Waals surface area (Å²) in [4.78, 5) is 3.66. The fourth-order valence-electron chi connectivity index (χ4n) is 1.16. The van der Waals surface area contributed by atoms with E-state index in [1.165, 1.54) is 0 Å². The van der Waals surface area contributed by atoms with E-state index in [0.717, 1.165) is 24.0 Å². The predicted molar refractivity (Wildman–Crippen MR) is 67.5 cm³/mol. The average Bonchev–Trinajstić information content (AvgIpc) is 2.33. The van der Waals surface area contributed by atoms with E-state index < -0.39 is 17.8 Å². The zero-order valence-corrected chi connectivity index (χ0v) is 11.6. The van der Waals surface area contributed by atoms with Crippen LogP contribution in [-0.2, 0) is 10.9 Å².